The zero-order chi connectivity index (χ0) is 19.0. The van der Waals surface area contributed by atoms with Gasteiger partial charge in [-0.3, -0.25) is 4.90 Å². The maximum absolute atomic E-state index is 13.0. The van der Waals surface area contributed by atoms with Gasteiger partial charge in [0, 0.05) is 36.7 Å². The van der Waals surface area contributed by atoms with E-state index in [0.29, 0.717) is 17.5 Å². The molecule has 0 radical (unpaired) electrons. The Morgan fingerprint density at radius 1 is 0.963 bits per heavy atom. The maximum atomic E-state index is 13.0. The van der Waals surface area contributed by atoms with Gasteiger partial charge in [-0.2, -0.15) is 4.52 Å². The molecular formula is C18H19BrF2N6. The molecule has 6 nitrogen and oxygen atoms in total. The predicted octanol–water partition coefficient (Wildman–Crippen LogP) is 3.71. The van der Waals surface area contributed by atoms with Crippen LogP contribution in [0.5, 0.6) is 0 Å². The molecule has 0 bridgehead atoms. The van der Waals surface area contributed by atoms with E-state index in [9.17, 15) is 8.78 Å². The second-order valence-corrected chi connectivity index (χ2v) is 7.49. The van der Waals surface area contributed by atoms with Crippen LogP contribution in [-0.2, 0) is 0 Å². The highest BCUT2D eigenvalue weighted by Gasteiger charge is 2.24. The quantitative estimate of drug-likeness (QED) is 0.623. The fourth-order valence-corrected chi connectivity index (χ4v) is 3.66. The highest BCUT2D eigenvalue weighted by molar-refractivity contribution is 9.10. The first kappa shape index (κ1) is 18.2. The summed E-state index contributed by atoms with van der Waals surface area (Å²) in [5, 5.41) is 11.6. The van der Waals surface area contributed by atoms with Gasteiger partial charge in [-0.1, -0.05) is 28.1 Å². The van der Waals surface area contributed by atoms with E-state index in [1.54, 1.807) is 6.07 Å². The molecule has 1 aromatic carbocycles. The molecule has 0 amide bonds. The third-order valence-corrected chi connectivity index (χ3v) is 5.54. The van der Waals surface area contributed by atoms with Crippen LogP contribution in [0.25, 0.3) is 5.65 Å². The number of fused-ring (bicyclic) bond motifs is 1. The molecule has 0 N–H and O–H groups in total. The van der Waals surface area contributed by atoms with Crippen LogP contribution in [0.1, 0.15) is 30.8 Å². The molecule has 0 spiro atoms. The molecule has 0 unspecified atom stereocenters. The van der Waals surface area contributed by atoms with Crippen molar-refractivity contribution in [3.63, 3.8) is 0 Å². The van der Waals surface area contributed by atoms with Crippen molar-refractivity contribution in [2.75, 3.05) is 31.1 Å². The Morgan fingerprint density at radius 2 is 1.67 bits per heavy atom. The third kappa shape index (κ3) is 3.66. The van der Waals surface area contributed by atoms with Crippen molar-refractivity contribution < 1.29 is 8.78 Å². The van der Waals surface area contributed by atoms with Crippen LogP contribution in [0.2, 0.25) is 0 Å². The lowest BCUT2D eigenvalue weighted by atomic mass is 10.1. The third-order valence-electron chi connectivity index (χ3n) is 5.01. The van der Waals surface area contributed by atoms with Crippen molar-refractivity contribution >= 4 is 27.4 Å². The van der Waals surface area contributed by atoms with Crippen LogP contribution in [-0.4, -0.2) is 50.9 Å². The summed E-state index contributed by atoms with van der Waals surface area (Å²) in [6, 6.07) is 12.2. The number of halogens is 3. The minimum Gasteiger partial charge on any atom is -0.353 e. The number of nitrogens with zero attached hydrogens (tertiary/aromatic N) is 6. The smallest absolute Gasteiger partial charge is 0.299 e. The fraction of sp³-hybridized carbons (Fsp3) is 0.389. The fourth-order valence-electron chi connectivity index (χ4n) is 3.39. The van der Waals surface area contributed by atoms with E-state index in [0.717, 1.165) is 35.2 Å². The largest absolute Gasteiger partial charge is 0.353 e. The summed E-state index contributed by atoms with van der Waals surface area (Å²) in [5.74, 6) is 0.245. The molecule has 4 rings (SSSR count). The van der Waals surface area contributed by atoms with Gasteiger partial charge in [-0.25, -0.2) is 8.78 Å². The Hall–Kier alpha value is -2.13. The lowest BCUT2D eigenvalue weighted by molar-refractivity contribution is 0.137. The Labute approximate surface area is 163 Å². The van der Waals surface area contributed by atoms with Crippen molar-refractivity contribution in [1.29, 1.82) is 0 Å². The highest BCUT2D eigenvalue weighted by atomic mass is 79.9. The first-order valence-corrected chi connectivity index (χ1v) is 9.57. The molecule has 1 fully saturated rings. The average molecular weight is 437 g/mol. The second-order valence-electron chi connectivity index (χ2n) is 6.57. The molecule has 1 aliphatic rings. The summed E-state index contributed by atoms with van der Waals surface area (Å²) < 4.78 is 28.3. The van der Waals surface area contributed by atoms with Crippen molar-refractivity contribution in [3.05, 3.63) is 52.3 Å². The number of alkyl halides is 2. The predicted molar refractivity (Wildman–Crippen MR) is 102 cm³/mol. The van der Waals surface area contributed by atoms with Crippen LogP contribution >= 0.6 is 15.9 Å². The number of aromatic nitrogens is 4. The Morgan fingerprint density at radius 3 is 2.33 bits per heavy atom. The molecule has 0 aliphatic carbocycles. The molecule has 3 heterocycles. The van der Waals surface area contributed by atoms with Gasteiger partial charge >= 0.3 is 0 Å². The molecule has 1 atom stereocenters. The summed E-state index contributed by atoms with van der Waals surface area (Å²) in [6.45, 7) is 5.52. The number of hydrogen-bond acceptors (Lipinski definition) is 5. The number of rotatable bonds is 4. The number of piperazine rings is 1. The van der Waals surface area contributed by atoms with Gasteiger partial charge in [0.25, 0.3) is 6.43 Å². The van der Waals surface area contributed by atoms with E-state index >= 15 is 0 Å². The SMILES string of the molecule is C[C@H](c1ccc(Br)cc1)N1CCN(c2ccc3nnc(C(F)F)n3n2)CC1. The molecular weight excluding hydrogens is 418 g/mol. The average Bonchev–Trinajstić information content (AvgIpc) is 3.12. The van der Waals surface area contributed by atoms with Gasteiger partial charge < -0.3 is 4.90 Å². The molecule has 1 aliphatic heterocycles. The Bertz CT molecular complexity index is 921. The number of anilines is 1. The first-order valence-electron chi connectivity index (χ1n) is 8.78. The van der Waals surface area contributed by atoms with Crippen molar-refractivity contribution in [3.8, 4) is 0 Å². The van der Waals surface area contributed by atoms with E-state index in [-0.39, 0.29) is 0 Å². The van der Waals surface area contributed by atoms with E-state index in [1.807, 2.05) is 6.07 Å². The maximum Gasteiger partial charge on any atom is 0.299 e. The summed E-state index contributed by atoms with van der Waals surface area (Å²) in [4.78, 5) is 4.53. The molecule has 27 heavy (non-hydrogen) atoms. The molecule has 0 saturated carbocycles. The Kier molecular flexibility index (Phi) is 5.05. The van der Waals surface area contributed by atoms with Crippen LogP contribution in [0.4, 0.5) is 14.6 Å². The normalized spacial score (nSPS) is 17.0. The minimum absolute atomic E-state index is 0.318. The molecule has 142 valence electrons. The van der Waals surface area contributed by atoms with Crippen molar-refractivity contribution in [1.82, 2.24) is 24.7 Å². The lowest BCUT2D eigenvalue weighted by Crippen LogP contribution is -2.47. The number of hydrogen-bond donors (Lipinski definition) is 0. The summed E-state index contributed by atoms with van der Waals surface area (Å²) in [7, 11) is 0. The van der Waals surface area contributed by atoms with Crippen LogP contribution in [0, 0.1) is 0 Å². The standard InChI is InChI=1S/C18H19BrF2N6/c1-12(13-2-4-14(19)5-3-13)25-8-10-26(11-9-25)16-7-6-15-22-23-18(17(20)21)27(15)24-16/h2-7,12,17H,8-11H2,1H3/t12-/m1/s1. The van der Waals surface area contributed by atoms with Crippen molar-refractivity contribution in [2.24, 2.45) is 0 Å². The second kappa shape index (κ2) is 7.47. The van der Waals surface area contributed by atoms with E-state index in [2.05, 4.69) is 72.2 Å². The Balaban J connectivity index is 1.46. The van der Waals surface area contributed by atoms with Gasteiger partial charge in [-0.05, 0) is 36.8 Å². The molecule has 3 aromatic rings. The summed E-state index contributed by atoms with van der Waals surface area (Å²) >= 11 is 3.47. The van der Waals surface area contributed by atoms with Gasteiger partial charge in [0.05, 0.1) is 0 Å². The van der Waals surface area contributed by atoms with Crippen LogP contribution in [0.3, 0.4) is 0 Å². The highest BCUT2D eigenvalue weighted by Crippen LogP contribution is 2.25. The van der Waals surface area contributed by atoms with Crippen molar-refractivity contribution in [2.45, 2.75) is 19.4 Å². The monoisotopic (exact) mass is 436 g/mol. The minimum atomic E-state index is -2.70. The van der Waals surface area contributed by atoms with E-state index in [1.165, 1.54) is 5.56 Å². The van der Waals surface area contributed by atoms with Crippen LogP contribution in [0.15, 0.2) is 40.9 Å². The van der Waals surface area contributed by atoms with Gasteiger partial charge in [-0.15, -0.1) is 15.3 Å². The van der Waals surface area contributed by atoms with E-state index < -0.39 is 12.2 Å². The van der Waals surface area contributed by atoms with Gasteiger partial charge in [0.2, 0.25) is 5.82 Å². The molecule has 1 saturated heterocycles. The van der Waals surface area contributed by atoms with Crippen LogP contribution < -0.4 is 4.90 Å². The molecule has 9 heteroatoms. The topological polar surface area (TPSA) is 49.6 Å². The number of benzene rings is 1. The summed E-state index contributed by atoms with van der Waals surface area (Å²) in [5.41, 5.74) is 1.61. The molecule has 2 aromatic heterocycles. The van der Waals surface area contributed by atoms with Gasteiger partial charge in [0.1, 0.15) is 5.82 Å². The van der Waals surface area contributed by atoms with Gasteiger partial charge in [0.15, 0.2) is 5.65 Å². The van der Waals surface area contributed by atoms with E-state index in [4.69, 9.17) is 0 Å². The first-order chi connectivity index (χ1) is 13.0. The lowest BCUT2D eigenvalue weighted by Gasteiger charge is -2.38. The summed E-state index contributed by atoms with van der Waals surface area (Å²) in [6.07, 6.45) is -2.70. The zero-order valence-corrected chi connectivity index (χ0v) is 16.4. The zero-order valence-electron chi connectivity index (χ0n) is 14.8.